The van der Waals surface area contributed by atoms with Crippen molar-refractivity contribution in [1.29, 1.82) is 0 Å². The quantitative estimate of drug-likeness (QED) is 0.802. The molecule has 5 heteroatoms. The zero-order valence-corrected chi connectivity index (χ0v) is 15.4. The first-order chi connectivity index (χ1) is 12.7. The van der Waals surface area contributed by atoms with Gasteiger partial charge in [0.05, 0.1) is 0 Å². The maximum Gasteiger partial charge on any atom is 0.319 e. The molecule has 2 amide bonds. The number of nitrogens with one attached hydrogen (secondary N) is 2. The van der Waals surface area contributed by atoms with Crippen molar-refractivity contribution in [2.75, 3.05) is 25.5 Å². The molecule has 1 aromatic heterocycles. The number of likely N-dealkylation sites (tertiary alicyclic amines) is 1. The van der Waals surface area contributed by atoms with Crippen LogP contribution in [0.4, 0.5) is 10.5 Å². The van der Waals surface area contributed by atoms with Gasteiger partial charge in [0.25, 0.3) is 0 Å². The molecule has 2 aromatic rings. The number of urea groups is 1. The molecule has 0 saturated carbocycles. The maximum absolute atomic E-state index is 12.2. The van der Waals surface area contributed by atoms with Crippen LogP contribution in [-0.4, -0.2) is 42.1 Å². The summed E-state index contributed by atoms with van der Waals surface area (Å²) >= 11 is 0. The van der Waals surface area contributed by atoms with Crippen LogP contribution in [0.5, 0.6) is 0 Å². The van der Waals surface area contributed by atoms with E-state index in [0.717, 1.165) is 36.2 Å². The van der Waals surface area contributed by atoms with Gasteiger partial charge in [-0.3, -0.25) is 4.98 Å². The van der Waals surface area contributed by atoms with Gasteiger partial charge in [-0.15, -0.1) is 0 Å². The number of carbonyl (C=O) groups is 1. The van der Waals surface area contributed by atoms with E-state index < -0.39 is 0 Å². The molecule has 0 radical (unpaired) electrons. The summed E-state index contributed by atoms with van der Waals surface area (Å²) in [6.07, 6.45) is 7.02. The molecule has 3 rings (SSSR count). The molecule has 1 aliphatic heterocycles. The molecule has 0 bridgehead atoms. The van der Waals surface area contributed by atoms with Crippen molar-refractivity contribution < 1.29 is 4.79 Å². The normalized spacial score (nSPS) is 17.2. The fourth-order valence-corrected chi connectivity index (χ4v) is 3.53. The van der Waals surface area contributed by atoms with Gasteiger partial charge in [0.15, 0.2) is 0 Å². The lowest BCUT2D eigenvalue weighted by Gasteiger charge is -2.19. The maximum atomic E-state index is 12.2. The Labute approximate surface area is 155 Å². The smallest absolute Gasteiger partial charge is 0.319 e. The van der Waals surface area contributed by atoms with Gasteiger partial charge in [-0.1, -0.05) is 24.3 Å². The molecule has 26 heavy (non-hydrogen) atoms. The van der Waals surface area contributed by atoms with E-state index in [9.17, 15) is 4.79 Å². The van der Waals surface area contributed by atoms with Crippen molar-refractivity contribution in [1.82, 2.24) is 15.2 Å². The molecule has 2 N–H and O–H groups in total. The van der Waals surface area contributed by atoms with E-state index in [2.05, 4.69) is 33.6 Å². The number of amides is 2. The lowest BCUT2D eigenvalue weighted by Crippen LogP contribution is -2.34. The summed E-state index contributed by atoms with van der Waals surface area (Å²) in [6.45, 7) is 1.87. The van der Waals surface area contributed by atoms with Gasteiger partial charge < -0.3 is 15.5 Å². The molecule has 1 fully saturated rings. The number of nitrogens with zero attached hydrogens (tertiary/aromatic N) is 2. The van der Waals surface area contributed by atoms with Crippen LogP contribution >= 0.6 is 0 Å². The Morgan fingerprint density at radius 1 is 1.19 bits per heavy atom. The van der Waals surface area contributed by atoms with Crippen LogP contribution in [0.25, 0.3) is 0 Å². The van der Waals surface area contributed by atoms with Crippen LogP contribution in [0.3, 0.4) is 0 Å². The highest BCUT2D eigenvalue weighted by atomic mass is 16.2. The van der Waals surface area contributed by atoms with E-state index >= 15 is 0 Å². The average Bonchev–Trinajstić information content (AvgIpc) is 3.07. The minimum absolute atomic E-state index is 0.129. The Balaban J connectivity index is 1.48. The van der Waals surface area contributed by atoms with E-state index in [1.165, 1.54) is 19.4 Å². The van der Waals surface area contributed by atoms with E-state index in [0.29, 0.717) is 12.6 Å². The molecule has 0 aliphatic carbocycles. The number of para-hydroxylation sites is 1. The number of carbonyl (C=O) groups excluding carboxylic acids is 1. The van der Waals surface area contributed by atoms with Crippen molar-refractivity contribution in [3.8, 4) is 0 Å². The third-order valence-corrected chi connectivity index (χ3v) is 5.08. The molecule has 1 aromatic carbocycles. The second-order valence-corrected chi connectivity index (χ2v) is 6.92. The average molecular weight is 352 g/mol. The molecule has 5 nitrogen and oxygen atoms in total. The van der Waals surface area contributed by atoms with Crippen LogP contribution in [0.1, 0.15) is 30.5 Å². The van der Waals surface area contributed by atoms with Gasteiger partial charge in [0.2, 0.25) is 0 Å². The molecule has 1 atom stereocenters. The highest BCUT2D eigenvalue weighted by molar-refractivity contribution is 5.90. The fourth-order valence-electron chi connectivity index (χ4n) is 3.53. The first-order valence-corrected chi connectivity index (χ1v) is 9.45. The number of anilines is 1. The van der Waals surface area contributed by atoms with Crippen molar-refractivity contribution >= 4 is 11.7 Å². The number of hydrogen-bond donors (Lipinski definition) is 2. The molecule has 1 saturated heterocycles. The highest BCUT2D eigenvalue weighted by Gasteiger charge is 2.20. The number of benzene rings is 1. The standard InChI is InChI=1S/C21H28N4O/c1-25-16-6-9-19(25)13-15-23-21(26)24-20-10-3-2-7-17(20)11-12-18-8-4-5-14-22-18/h2-5,7-8,10,14,19H,6,9,11-13,15-16H2,1H3,(H2,23,24,26)/t19-/m0/s1. The van der Waals surface area contributed by atoms with Crippen LogP contribution < -0.4 is 10.6 Å². The number of hydrogen-bond acceptors (Lipinski definition) is 3. The largest absolute Gasteiger partial charge is 0.338 e. The second kappa shape index (κ2) is 9.34. The third-order valence-electron chi connectivity index (χ3n) is 5.08. The summed E-state index contributed by atoms with van der Waals surface area (Å²) in [6, 6.07) is 14.4. The van der Waals surface area contributed by atoms with E-state index in [4.69, 9.17) is 0 Å². The van der Waals surface area contributed by atoms with Gasteiger partial charge in [-0.25, -0.2) is 4.79 Å². The summed E-state index contributed by atoms with van der Waals surface area (Å²) in [5, 5.41) is 5.99. The molecular weight excluding hydrogens is 324 g/mol. The number of aryl methyl sites for hydroxylation is 2. The zero-order chi connectivity index (χ0) is 18.2. The van der Waals surface area contributed by atoms with Gasteiger partial charge in [0, 0.05) is 30.2 Å². The molecule has 0 unspecified atom stereocenters. The molecule has 1 aliphatic rings. The molecule has 138 valence electrons. The van der Waals surface area contributed by atoms with Gasteiger partial charge in [0.1, 0.15) is 0 Å². The Kier molecular flexibility index (Phi) is 6.61. The summed E-state index contributed by atoms with van der Waals surface area (Å²) in [7, 11) is 2.16. The minimum atomic E-state index is -0.129. The topological polar surface area (TPSA) is 57.3 Å². The van der Waals surface area contributed by atoms with Crippen LogP contribution in [0.2, 0.25) is 0 Å². The molecular formula is C21H28N4O. The monoisotopic (exact) mass is 352 g/mol. The van der Waals surface area contributed by atoms with E-state index in [-0.39, 0.29) is 6.03 Å². The van der Waals surface area contributed by atoms with Crippen LogP contribution in [-0.2, 0) is 12.8 Å². The van der Waals surface area contributed by atoms with Gasteiger partial charge >= 0.3 is 6.03 Å². The Morgan fingerprint density at radius 2 is 2.04 bits per heavy atom. The molecule has 2 heterocycles. The predicted octanol–water partition coefficient (Wildman–Crippen LogP) is 3.47. The minimum Gasteiger partial charge on any atom is -0.338 e. The lowest BCUT2D eigenvalue weighted by atomic mass is 10.1. The summed E-state index contributed by atoms with van der Waals surface area (Å²) in [4.78, 5) is 19.0. The SMILES string of the molecule is CN1CCC[C@H]1CCNC(=O)Nc1ccccc1CCc1ccccn1. The molecule has 0 spiro atoms. The van der Waals surface area contributed by atoms with Crippen molar-refractivity contribution in [3.63, 3.8) is 0 Å². The van der Waals surface area contributed by atoms with Gasteiger partial charge in [-0.2, -0.15) is 0 Å². The highest BCUT2D eigenvalue weighted by Crippen LogP contribution is 2.18. The predicted molar refractivity (Wildman–Crippen MR) is 105 cm³/mol. The Bertz CT molecular complexity index is 704. The van der Waals surface area contributed by atoms with Crippen molar-refractivity contribution in [2.45, 2.75) is 38.1 Å². The Hall–Kier alpha value is -2.40. The van der Waals surface area contributed by atoms with E-state index in [1.807, 2.05) is 42.6 Å². The Morgan fingerprint density at radius 3 is 2.81 bits per heavy atom. The van der Waals surface area contributed by atoms with Crippen LogP contribution in [0.15, 0.2) is 48.7 Å². The number of aromatic nitrogens is 1. The second-order valence-electron chi connectivity index (χ2n) is 6.92. The first-order valence-electron chi connectivity index (χ1n) is 9.45. The van der Waals surface area contributed by atoms with Crippen LogP contribution in [0, 0.1) is 0 Å². The van der Waals surface area contributed by atoms with Crippen molar-refractivity contribution in [2.24, 2.45) is 0 Å². The third kappa shape index (κ3) is 5.30. The zero-order valence-electron chi connectivity index (χ0n) is 15.4. The number of rotatable bonds is 7. The fraction of sp³-hybridized carbons (Fsp3) is 0.429. The number of pyridine rings is 1. The lowest BCUT2D eigenvalue weighted by molar-refractivity contribution is 0.248. The van der Waals surface area contributed by atoms with E-state index in [1.54, 1.807) is 0 Å². The summed E-state index contributed by atoms with van der Waals surface area (Å²) < 4.78 is 0. The van der Waals surface area contributed by atoms with Gasteiger partial charge in [-0.05, 0) is 69.5 Å². The summed E-state index contributed by atoms with van der Waals surface area (Å²) in [5.74, 6) is 0. The first kappa shape index (κ1) is 18.4. The van der Waals surface area contributed by atoms with Crippen molar-refractivity contribution in [3.05, 3.63) is 59.9 Å². The summed E-state index contributed by atoms with van der Waals surface area (Å²) in [5.41, 5.74) is 3.06.